The number of benzene rings is 1. The molecular formula is C15H22Cl2N2. The summed E-state index contributed by atoms with van der Waals surface area (Å²) in [6.45, 7) is 12.1. The van der Waals surface area contributed by atoms with Crippen LogP contribution in [0.3, 0.4) is 0 Å². The lowest BCUT2D eigenvalue weighted by molar-refractivity contribution is 0.112. The molecule has 1 aromatic rings. The first kappa shape index (κ1) is 15.0. The number of halogens is 2. The Hall–Kier alpha value is -0.440. The zero-order valence-electron chi connectivity index (χ0n) is 12.1. The minimum absolute atomic E-state index is 0.221. The van der Waals surface area contributed by atoms with Crippen molar-refractivity contribution < 1.29 is 0 Å². The molecule has 4 heteroatoms. The highest BCUT2D eigenvalue weighted by atomic mass is 35.5. The number of anilines is 1. The van der Waals surface area contributed by atoms with Crippen LogP contribution in [0.15, 0.2) is 18.2 Å². The molecular weight excluding hydrogens is 279 g/mol. The lowest BCUT2D eigenvalue weighted by Gasteiger charge is -2.46. The second kappa shape index (κ2) is 5.51. The number of rotatable bonds is 1. The third-order valence-corrected chi connectivity index (χ3v) is 4.63. The highest BCUT2D eigenvalue weighted by Crippen LogP contribution is 2.34. The molecule has 2 nitrogen and oxygen atoms in total. The van der Waals surface area contributed by atoms with Crippen LogP contribution in [0.2, 0.25) is 10.0 Å². The van der Waals surface area contributed by atoms with Crippen molar-refractivity contribution in [2.24, 2.45) is 0 Å². The maximum absolute atomic E-state index is 6.33. The summed E-state index contributed by atoms with van der Waals surface area (Å²) in [5.74, 6) is 0. The van der Waals surface area contributed by atoms with E-state index in [1.807, 2.05) is 12.1 Å². The molecule has 0 unspecified atom stereocenters. The van der Waals surface area contributed by atoms with Gasteiger partial charge in [0.15, 0.2) is 0 Å². The van der Waals surface area contributed by atoms with E-state index in [0.717, 1.165) is 25.3 Å². The molecule has 1 aliphatic rings. The van der Waals surface area contributed by atoms with Crippen molar-refractivity contribution in [1.82, 2.24) is 4.90 Å². The Labute approximate surface area is 126 Å². The van der Waals surface area contributed by atoms with Gasteiger partial charge in [0.05, 0.1) is 15.7 Å². The summed E-state index contributed by atoms with van der Waals surface area (Å²) in [4.78, 5) is 4.88. The molecule has 1 aromatic carbocycles. The molecule has 19 heavy (non-hydrogen) atoms. The molecule has 0 N–H and O–H groups in total. The quantitative estimate of drug-likeness (QED) is 0.763. The minimum atomic E-state index is 0.221. The van der Waals surface area contributed by atoms with Gasteiger partial charge in [0, 0.05) is 31.2 Å². The van der Waals surface area contributed by atoms with E-state index in [0.29, 0.717) is 16.1 Å². The molecule has 1 aliphatic heterocycles. The summed E-state index contributed by atoms with van der Waals surface area (Å²) in [6, 6.07) is 6.29. The van der Waals surface area contributed by atoms with E-state index < -0.39 is 0 Å². The zero-order valence-corrected chi connectivity index (χ0v) is 13.6. The molecule has 0 saturated carbocycles. The van der Waals surface area contributed by atoms with Crippen molar-refractivity contribution in [3.05, 3.63) is 28.2 Å². The van der Waals surface area contributed by atoms with Gasteiger partial charge in [-0.05, 0) is 39.8 Å². The predicted octanol–water partition coefficient (Wildman–Crippen LogP) is 4.30. The van der Waals surface area contributed by atoms with Crippen LogP contribution < -0.4 is 4.90 Å². The van der Waals surface area contributed by atoms with E-state index in [4.69, 9.17) is 23.2 Å². The fraction of sp³-hybridized carbons (Fsp3) is 0.600. The molecule has 0 spiro atoms. The van der Waals surface area contributed by atoms with Crippen LogP contribution in [0.5, 0.6) is 0 Å². The van der Waals surface area contributed by atoms with Gasteiger partial charge in [0.2, 0.25) is 0 Å². The molecule has 1 saturated heterocycles. The summed E-state index contributed by atoms with van der Waals surface area (Å²) in [5, 5.41) is 1.30. The average molecular weight is 301 g/mol. The summed E-state index contributed by atoms with van der Waals surface area (Å²) < 4.78 is 0. The van der Waals surface area contributed by atoms with Crippen molar-refractivity contribution in [3.8, 4) is 0 Å². The first-order valence-corrected chi connectivity index (χ1v) is 7.52. The lowest BCUT2D eigenvalue weighted by atomic mass is 10.0. The average Bonchev–Trinajstić information content (AvgIpc) is 2.32. The summed E-state index contributed by atoms with van der Waals surface area (Å²) in [6.07, 6.45) is 0. The molecule has 0 aromatic heterocycles. The smallest absolute Gasteiger partial charge is 0.0825 e. The van der Waals surface area contributed by atoms with E-state index >= 15 is 0 Å². The second-order valence-electron chi connectivity index (χ2n) is 6.23. The van der Waals surface area contributed by atoms with Gasteiger partial charge in [-0.15, -0.1) is 0 Å². The van der Waals surface area contributed by atoms with E-state index in [9.17, 15) is 0 Å². The Morgan fingerprint density at radius 1 is 1.16 bits per heavy atom. The standard InChI is InChI=1S/C15H22Cl2N2/c1-11-10-18(15(2,3)4)8-9-19(11)13-7-5-6-12(16)14(13)17/h5-7,11H,8-10H2,1-4H3/t11-/m1/s1. The number of nitrogens with zero attached hydrogens (tertiary/aromatic N) is 2. The Bertz CT molecular complexity index is 454. The monoisotopic (exact) mass is 300 g/mol. The predicted molar refractivity (Wildman–Crippen MR) is 84.6 cm³/mol. The van der Waals surface area contributed by atoms with Crippen molar-refractivity contribution in [3.63, 3.8) is 0 Å². The van der Waals surface area contributed by atoms with Crippen LogP contribution in [-0.2, 0) is 0 Å². The summed E-state index contributed by atoms with van der Waals surface area (Å²) >= 11 is 12.4. The SMILES string of the molecule is C[C@@H]1CN(C(C)(C)C)CCN1c1cccc(Cl)c1Cl. The normalized spacial score (nSPS) is 21.8. The molecule has 106 valence electrons. The van der Waals surface area contributed by atoms with Gasteiger partial charge in [-0.2, -0.15) is 0 Å². The van der Waals surface area contributed by atoms with Gasteiger partial charge in [0.1, 0.15) is 0 Å². The highest BCUT2D eigenvalue weighted by Gasteiger charge is 2.31. The van der Waals surface area contributed by atoms with Gasteiger partial charge in [0.25, 0.3) is 0 Å². The third-order valence-electron chi connectivity index (χ3n) is 3.82. The fourth-order valence-corrected chi connectivity index (χ4v) is 3.04. The third kappa shape index (κ3) is 3.18. The fourth-order valence-electron chi connectivity index (χ4n) is 2.64. The maximum Gasteiger partial charge on any atom is 0.0825 e. The summed E-state index contributed by atoms with van der Waals surface area (Å²) in [7, 11) is 0. The first-order chi connectivity index (χ1) is 8.80. The van der Waals surface area contributed by atoms with Crippen LogP contribution in [0.25, 0.3) is 0 Å². The number of piperazine rings is 1. The van der Waals surface area contributed by atoms with Crippen LogP contribution in [0, 0.1) is 0 Å². The van der Waals surface area contributed by atoms with Crippen LogP contribution >= 0.6 is 23.2 Å². The van der Waals surface area contributed by atoms with Gasteiger partial charge < -0.3 is 4.90 Å². The van der Waals surface area contributed by atoms with Crippen molar-refractivity contribution >= 4 is 28.9 Å². The van der Waals surface area contributed by atoms with Gasteiger partial charge in [-0.3, -0.25) is 4.90 Å². The van der Waals surface area contributed by atoms with E-state index in [1.54, 1.807) is 0 Å². The topological polar surface area (TPSA) is 6.48 Å². The van der Waals surface area contributed by atoms with Gasteiger partial charge in [-0.1, -0.05) is 29.3 Å². The highest BCUT2D eigenvalue weighted by molar-refractivity contribution is 6.43. The zero-order chi connectivity index (χ0) is 14.2. The molecule has 0 amide bonds. The van der Waals surface area contributed by atoms with Crippen molar-refractivity contribution in [1.29, 1.82) is 0 Å². The van der Waals surface area contributed by atoms with Crippen molar-refractivity contribution in [2.45, 2.75) is 39.3 Å². The Kier molecular flexibility index (Phi) is 4.34. The first-order valence-electron chi connectivity index (χ1n) is 6.76. The number of hydrogen-bond donors (Lipinski definition) is 0. The van der Waals surface area contributed by atoms with Crippen LogP contribution in [-0.4, -0.2) is 36.1 Å². The Morgan fingerprint density at radius 3 is 2.42 bits per heavy atom. The van der Waals surface area contributed by atoms with E-state index in [-0.39, 0.29) is 5.54 Å². The second-order valence-corrected chi connectivity index (χ2v) is 7.02. The Balaban J connectivity index is 2.18. The molecule has 1 atom stereocenters. The minimum Gasteiger partial charge on any atom is -0.365 e. The number of hydrogen-bond acceptors (Lipinski definition) is 2. The van der Waals surface area contributed by atoms with Crippen LogP contribution in [0.1, 0.15) is 27.7 Å². The summed E-state index contributed by atoms with van der Waals surface area (Å²) in [5.41, 5.74) is 1.27. The van der Waals surface area contributed by atoms with Gasteiger partial charge in [-0.25, -0.2) is 0 Å². The maximum atomic E-state index is 6.33. The van der Waals surface area contributed by atoms with Gasteiger partial charge >= 0.3 is 0 Å². The van der Waals surface area contributed by atoms with Crippen LogP contribution in [0.4, 0.5) is 5.69 Å². The molecule has 1 heterocycles. The molecule has 0 radical (unpaired) electrons. The molecule has 0 bridgehead atoms. The Morgan fingerprint density at radius 2 is 1.84 bits per heavy atom. The largest absolute Gasteiger partial charge is 0.365 e. The van der Waals surface area contributed by atoms with E-state index in [2.05, 4.69) is 43.6 Å². The van der Waals surface area contributed by atoms with Crippen molar-refractivity contribution in [2.75, 3.05) is 24.5 Å². The molecule has 0 aliphatic carbocycles. The lowest BCUT2D eigenvalue weighted by Crippen LogP contribution is -2.57. The molecule has 1 fully saturated rings. The molecule has 2 rings (SSSR count). The van der Waals surface area contributed by atoms with E-state index in [1.165, 1.54) is 0 Å².